The maximum atomic E-state index is 13.5. The Morgan fingerprint density at radius 2 is 1.74 bits per heavy atom. The fourth-order valence-corrected chi connectivity index (χ4v) is 4.45. The number of carbonyl (C=O) groups is 1. The van der Waals surface area contributed by atoms with Crippen molar-refractivity contribution in [3.8, 4) is 0 Å². The molecule has 2 aromatic rings. The van der Waals surface area contributed by atoms with E-state index in [4.69, 9.17) is 0 Å². The predicted molar refractivity (Wildman–Crippen MR) is 110 cm³/mol. The van der Waals surface area contributed by atoms with Gasteiger partial charge in [0.05, 0.1) is 21.4 Å². The molecule has 6 heteroatoms. The molecule has 27 heavy (non-hydrogen) atoms. The summed E-state index contributed by atoms with van der Waals surface area (Å²) in [5.74, 6) is 0.594. The summed E-state index contributed by atoms with van der Waals surface area (Å²) in [6, 6.07) is 17.6. The molecule has 2 amide bonds. The Morgan fingerprint density at radius 3 is 2.48 bits per heavy atom. The number of benzene rings is 2. The molecule has 0 saturated carbocycles. The summed E-state index contributed by atoms with van der Waals surface area (Å²) in [7, 11) is 2.97. The van der Waals surface area contributed by atoms with E-state index >= 15 is 0 Å². The molecule has 1 aliphatic rings. The van der Waals surface area contributed by atoms with E-state index in [1.54, 1.807) is 4.90 Å². The number of rotatable bonds is 5. The first-order valence-electron chi connectivity index (χ1n) is 9.29. The van der Waals surface area contributed by atoms with Crippen LogP contribution in [0.15, 0.2) is 59.5 Å². The van der Waals surface area contributed by atoms with Gasteiger partial charge in [-0.3, -0.25) is 9.11 Å². The predicted octanol–water partition coefficient (Wildman–Crippen LogP) is 3.19. The molecule has 0 aliphatic carbocycles. The van der Waals surface area contributed by atoms with Gasteiger partial charge in [0.1, 0.15) is 0 Å². The van der Waals surface area contributed by atoms with Gasteiger partial charge in [-0.25, -0.2) is 4.79 Å². The van der Waals surface area contributed by atoms with Crippen LogP contribution >= 0.6 is 0 Å². The lowest BCUT2D eigenvalue weighted by molar-refractivity contribution is 0.195. The number of carbonyl (C=O) groups excluding carboxylic acids is 1. The van der Waals surface area contributed by atoms with Crippen molar-refractivity contribution in [2.24, 2.45) is 0 Å². The van der Waals surface area contributed by atoms with Crippen molar-refractivity contribution in [3.63, 3.8) is 0 Å². The fourth-order valence-electron chi connectivity index (χ4n) is 3.19. The van der Waals surface area contributed by atoms with Gasteiger partial charge in [0, 0.05) is 31.9 Å². The zero-order valence-electron chi connectivity index (χ0n) is 16.0. The van der Waals surface area contributed by atoms with E-state index in [9.17, 15) is 9.00 Å². The van der Waals surface area contributed by atoms with Gasteiger partial charge < -0.3 is 9.80 Å². The molecule has 144 valence electrons. The standard InChI is InChI=1S/C21H27N3O2S/c1-22(2)14-15-23(17-18-9-4-3-5-10-18)21(25)24-13-8-16-27(26)20-12-7-6-11-19(20)24/h3-7,9-12H,8,13-17H2,1-2H3/t27-/m1/s1. The van der Waals surface area contributed by atoms with Crippen molar-refractivity contribution in [3.05, 3.63) is 60.2 Å². The highest BCUT2D eigenvalue weighted by Crippen LogP contribution is 2.28. The summed E-state index contributed by atoms with van der Waals surface area (Å²) in [5.41, 5.74) is 1.89. The number of hydrogen-bond donors (Lipinski definition) is 0. The van der Waals surface area contributed by atoms with Crippen molar-refractivity contribution in [1.29, 1.82) is 0 Å². The summed E-state index contributed by atoms with van der Waals surface area (Å²) in [5, 5.41) is 0. The monoisotopic (exact) mass is 385 g/mol. The molecular formula is C21H27N3O2S. The van der Waals surface area contributed by atoms with Crippen LogP contribution in [0.5, 0.6) is 0 Å². The smallest absolute Gasteiger partial charge is 0.319 e. The number of fused-ring (bicyclic) bond motifs is 1. The van der Waals surface area contributed by atoms with Crippen LogP contribution in [0, 0.1) is 0 Å². The van der Waals surface area contributed by atoms with Gasteiger partial charge in [-0.15, -0.1) is 0 Å². The molecule has 1 aliphatic heterocycles. The molecule has 2 aromatic carbocycles. The second kappa shape index (κ2) is 9.15. The van der Waals surface area contributed by atoms with E-state index in [0.717, 1.165) is 29.1 Å². The Balaban J connectivity index is 1.88. The van der Waals surface area contributed by atoms with E-state index in [-0.39, 0.29) is 6.03 Å². The minimum absolute atomic E-state index is 0.0212. The third-order valence-electron chi connectivity index (χ3n) is 4.65. The molecule has 3 rings (SSSR count). The highest BCUT2D eigenvalue weighted by Gasteiger charge is 2.27. The number of anilines is 1. The average Bonchev–Trinajstić information content (AvgIpc) is 2.84. The average molecular weight is 386 g/mol. The topological polar surface area (TPSA) is 43.9 Å². The number of likely N-dealkylation sites (N-methyl/N-ethyl adjacent to an activating group) is 1. The highest BCUT2D eigenvalue weighted by atomic mass is 32.2. The van der Waals surface area contributed by atoms with E-state index in [2.05, 4.69) is 4.90 Å². The second-order valence-corrected chi connectivity index (χ2v) is 8.55. The zero-order valence-corrected chi connectivity index (χ0v) is 16.8. The van der Waals surface area contributed by atoms with E-state index in [0.29, 0.717) is 25.4 Å². The largest absolute Gasteiger partial charge is 0.324 e. The normalized spacial score (nSPS) is 16.7. The first kappa shape index (κ1) is 19.6. The Kier molecular flexibility index (Phi) is 6.63. The minimum atomic E-state index is -1.05. The maximum Gasteiger partial charge on any atom is 0.324 e. The Labute approximate surface area is 164 Å². The lowest BCUT2D eigenvalue weighted by atomic mass is 10.2. The number of amides is 2. The summed E-state index contributed by atoms with van der Waals surface area (Å²) in [4.78, 5) is 20.0. The quantitative estimate of drug-likeness (QED) is 0.794. The van der Waals surface area contributed by atoms with Crippen LogP contribution in [0.1, 0.15) is 12.0 Å². The third-order valence-corrected chi connectivity index (χ3v) is 6.14. The Morgan fingerprint density at radius 1 is 1.04 bits per heavy atom. The molecule has 0 saturated heterocycles. The lowest BCUT2D eigenvalue weighted by Crippen LogP contribution is -2.45. The van der Waals surface area contributed by atoms with Gasteiger partial charge in [-0.05, 0) is 38.2 Å². The molecule has 0 unspecified atom stereocenters. The van der Waals surface area contributed by atoms with Crippen LogP contribution < -0.4 is 4.90 Å². The van der Waals surface area contributed by atoms with Gasteiger partial charge in [-0.2, -0.15) is 0 Å². The molecule has 0 fully saturated rings. The summed E-state index contributed by atoms with van der Waals surface area (Å²) in [6.07, 6.45) is 0.736. The van der Waals surface area contributed by atoms with Crippen LogP contribution in [0.4, 0.5) is 10.5 Å². The molecule has 0 spiro atoms. The van der Waals surface area contributed by atoms with Crippen LogP contribution in [0.2, 0.25) is 0 Å². The number of urea groups is 1. The maximum absolute atomic E-state index is 13.5. The van der Waals surface area contributed by atoms with E-state index in [1.165, 1.54) is 0 Å². The van der Waals surface area contributed by atoms with Crippen molar-refractivity contribution in [2.75, 3.05) is 44.4 Å². The van der Waals surface area contributed by atoms with Crippen LogP contribution in [-0.4, -0.2) is 59.5 Å². The molecule has 1 heterocycles. The van der Waals surface area contributed by atoms with E-state index < -0.39 is 10.8 Å². The van der Waals surface area contributed by atoms with Crippen molar-refractivity contribution in [2.45, 2.75) is 17.9 Å². The molecule has 0 radical (unpaired) electrons. The van der Waals surface area contributed by atoms with Gasteiger partial charge >= 0.3 is 6.03 Å². The van der Waals surface area contributed by atoms with Crippen LogP contribution in [0.25, 0.3) is 0 Å². The first-order chi connectivity index (χ1) is 13.1. The molecular weight excluding hydrogens is 358 g/mol. The van der Waals surface area contributed by atoms with Crippen molar-refractivity contribution in [1.82, 2.24) is 9.80 Å². The summed E-state index contributed by atoms with van der Waals surface area (Å²) in [6.45, 7) is 2.59. The van der Waals surface area contributed by atoms with Crippen molar-refractivity contribution >= 4 is 22.5 Å². The van der Waals surface area contributed by atoms with Gasteiger partial charge in [0.2, 0.25) is 0 Å². The van der Waals surface area contributed by atoms with Gasteiger partial charge in [0.25, 0.3) is 0 Å². The molecule has 1 atom stereocenters. The van der Waals surface area contributed by atoms with Gasteiger partial charge in [0.15, 0.2) is 0 Å². The highest BCUT2D eigenvalue weighted by molar-refractivity contribution is 7.85. The molecule has 0 bridgehead atoms. The second-order valence-electron chi connectivity index (χ2n) is 7.02. The van der Waals surface area contributed by atoms with Gasteiger partial charge in [-0.1, -0.05) is 42.5 Å². The molecule has 0 aromatic heterocycles. The molecule has 5 nitrogen and oxygen atoms in total. The first-order valence-corrected chi connectivity index (χ1v) is 10.6. The third kappa shape index (κ3) is 4.96. The summed E-state index contributed by atoms with van der Waals surface area (Å²) < 4.78 is 12.5. The number of para-hydroxylation sites is 1. The van der Waals surface area contributed by atoms with Crippen LogP contribution in [-0.2, 0) is 17.3 Å². The Hall–Kier alpha value is -2.18. The lowest BCUT2D eigenvalue weighted by Gasteiger charge is -2.31. The molecule has 0 N–H and O–H groups in total. The SMILES string of the molecule is CN(C)CCN(Cc1ccccc1)C(=O)N1CCC[S@@](=O)c2ccccc21. The minimum Gasteiger partial charge on any atom is -0.319 e. The van der Waals surface area contributed by atoms with E-state index in [1.807, 2.05) is 73.6 Å². The Bertz CT molecular complexity index is 795. The fraction of sp³-hybridized carbons (Fsp3) is 0.381. The summed E-state index contributed by atoms with van der Waals surface area (Å²) >= 11 is 0. The van der Waals surface area contributed by atoms with Crippen molar-refractivity contribution < 1.29 is 9.00 Å². The number of nitrogens with zero attached hydrogens (tertiary/aromatic N) is 3. The number of hydrogen-bond acceptors (Lipinski definition) is 3. The zero-order chi connectivity index (χ0) is 19.2. The van der Waals surface area contributed by atoms with Crippen LogP contribution in [0.3, 0.4) is 0 Å².